The van der Waals surface area contributed by atoms with E-state index in [-0.39, 0.29) is 5.22 Å². The average Bonchev–Trinajstić information content (AvgIpc) is 2.56. The topological polar surface area (TPSA) is 9.23 Å². The van der Waals surface area contributed by atoms with Gasteiger partial charge in [0.15, 0.2) is 0 Å². The van der Waals surface area contributed by atoms with E-state index in [9.17, 15) is 0 Å². The number of benzene rings is 2. The minimum atomic E-state index is -0.564. The fourth-order valence-corrected chi connectivity index (χ4v) is 6.22. The van der Waals surface area contributed by atoms with Crippen LogP contribution in [0.3, 0.4) is 0 Å². The lowest BCUT2D eigenvalue weighted by Gasteiger charge is -2.46. The highest BCUT2D eigenvalue weighted by molar-refractivity contribution is 6.59. The van der Waals surface area contributed by atoms with Gasteiger partial charge < -0.3 is 4.74 Å². The van der Waals surface area contributed by atoms with Crippen LogP contribution in [-0.4, -0.2) is 20.6 Å². The SMILES string of the molecule is C[Si](C)C1(C2C=Cc3cccc4cccc2c34)CCCCO1. The fraction of sp³-hybridized carbons (Fsp3) is 0.400. The Balaban J connectivity index is 1.91. The van der Waals surface area contributed by atoms with Crippen molar-refractivity contribution in [3.63, 3.8) is 0 Å². The summed E-state index contributed by atoms with van der Waals surface area (Å²) in [5.41, 5.74) is 2.83. The van der Waals surface area contributed by atoms with E-state index in [1.54, 1.807) is 0 Å². The molecule has 0 spiro atoms. The van der Waals surface area contributed by atoms with E-state index in [0.717, 1.165) is 6.61 Å². The molecular weight excluding hydrogens is 284 g/mol. The van der Waals surface area contributed by atoms with Crippen LogP contribution in [0.25, 0.3) is 16.8 Å². The van der Waals surface area contributed by atoms with Crippen molar-refractivity contribution in [3.8, 4) is 0 Å². The quantitative estimate of drug-likeness (QED) is 0.694. The predicted molar refractivity (Wildman–Crippen MR) is 95.7 cm³/mol. The highest BCUT2D eigenvalue weighted by atomic mass is 28.3. The summed E-state index contributed by atoms with van der Waals surface area (Å²) in [6.07, 6.45) is 8.47. The van der Waals surface area contributed by atoms with Gasteiger partial charge in [-0.1, -0.05) is 61.6 Å². The molecule has 1 saturated heterocycles. The Morgan fingerprint density at radius 1 is 1.09 bits per heavy atom. The van der Waals surface area contributed by atoms with Crippen molar-refractivity contribution in [1.29, 1.82) is 0 Å². The average molecular weight is 307 g/mol. The maximum atomic E-state index is 6.51. The molecule has 2 aromatic rings. The maximum absolute atomic E-state index is 6.51. The summed E-state index contributed by atoms with van der Waals surface area (Å²) in [6, 6.07) is 13.4. The van der Waals surface area contributed by atoms with Crippen LogP contribution in [-0.2, 0) is 4.74 Å². The van der Waals surface area contributed by atoms with Gasteiger partial charge in [-0.3, -0.25) is 0 Å². The third kappa shape index (κ3) is 2.01. The molecule has 0 amide bonds. The predicted octanol–water partition coefficient (Wildman–Crippen LogP) is 5.18. The summed E-state index contributed by atoms with van der Waals surface area (Å²) in [6.45, 7) is 5.77. The van der Waals surface area contributed by atoms with Crippen molar-refractivity contribution in [2.24, 2.45) is 0 Å². The summed E-state index contributed by atoms with van der Waals surface area (Å²) in [5, 5.41) is 2.85. The third-order valence-corrected chi connectivity index (χ3v) is 7.82. The van der Waals surface area contributed by atoms with Crippen LogP contribution in [0.2, 0.25) is 13.1 Å². The van der Waals surface area contributed by atoms with Gasteiger partial charge in [-0.15, -0.1) is 0 Å². The monoisotopic (exact) mass is 307 g/mol. The first kappa shape index (κ1) is 14.2. The van der Waals surface area contributed by atoms with Crippen LogP contribution < -0.4 is 0 Å². The van der Waals surface area contributed by atoms with Crippen LogP contribution >= 0.6 is 0 Å². The van der Waals surface area contributed by atoms with Crippen molar-refractivity contribution in [1.82, 2.24) is 0 Å². The lowest BCUT2D eigenvalue weighted by molar-refractivity contribution is -0.0313. The maximum Gasteiger partial charge on any atom is 0.0837 e. The largest absolute Gasteiger partial charge is 0.378 e. The van der Waals surface area contributed by atoms with Gasteiger partial charge in [0.2, 0.25) is 0 Å². The van der Waals surface area contributed by atoms with Crippen LogP contribution in [0, 0.1) is 0 Å². The number of rotatable bonds is 2. The first-order valence-electron chi connectivity index (χ1n) is 8.37. The minimum absolute atomic E-state index is 0.0568. The summed E-state index contributed by atoms with van der Waals surface area (Å²) >= 11 is 0. The molecule has 0 N–H and O–H groups in total. The Morgan fingerprint density at radius 2 is 1.91 bits per heavy atom. The summed E-state index contributed by atoms with van der Waals surface area (Å²) in [4.78, 5) is 0. The molecule has 1 radical (unpaired) electrons. The van der Waals surface area contributed by atoms with Crippen molar-refractivity contribution < 1.29 is 4.74 Å². The lowest BCUT2D eigenvalue weighted by Crippen LogP contribution is -2.51. The van der Waals surface area contributed by atoms with Crippen LogP contribution in [0.4, 0.5) is 0 Å². The molecule has 113 valence electrons. The molecule has 1 fully saturated rings. The molecule has 1 aliphatic heterocycles. The Morgan fingerprint density at radius 3 is 2.64 bits per heavy atom. The molecule has 0 aromatic heterocycles. The number of ether oxygens (including phenoxy) is 1. The van der Waals surface area contributed by atoms with Gasteiger partial charge in [0.1, 0.15) is 0 Å². The van der Waals surface area contributed by atoms with Crippen LogP contribution in [0.15, 0.2) is 42.5 Å². The molecule has 2 unspecified atom stereocenters. The van der Waals surface area contributed by atoms with E-state index >= 15 is 0 Å². The number of hydrogen-bond donors (Lipinski definition) is 0. The van der Waals surface area contributed by atoms with E-state index in [1.165, 1.54) is 41.2 Å². The Labute approximate surface area is 134 Å². The van der Waals surface area contributed by atoms with Crippen LogP contribution in [0.1, 0.15) is 36.3 Å². The highest BCUT2D eigenvalue weighted by Gasteiger charge is 2.45. The molecule has 2 aliphatic rings. The summed E-state index contributed by atoms with van der Waals surface area (Å²) in [7, 11) is -0.564. The van der Waals surface area contributed by atoms with E-state index in [0.29, 0.717) is 5.92 Å². The van der Waals surface area contributed by atoms with Crippen molar-refractivity contribution >= 4 is 25.6 Å². The zero-order valence-corrected chi connectivity index (χ0v) is 14.4. The second-order valence-corrected chi connectivity index (χ2v) is 9.67. The molecule has 1 heterocycles. The molecule has 2 aromatic carbocycles. The van der Waals surface area contributed by atoms with E-state index in [1.807, 2.05) is 0 Å². The van der Waals surface area contributed by atoms with E-state index < -0.39 is 8.80 Å². The van der Waals surface area contributed by atoms with Crippen molar-refractivity contribution in [2.75, 3.05) is 6.61 Å². The molecule has 4 rings (SSSR count). The number of hydrogen-bond acceptors (Lipinski definition) is 1. The van der Waals surface area contributed by atoms with Gasteiger partial charge in [0.25, 0.3) is 0 Å². The molecular formula is C20H23OSi. The molecule has 0 saturated carbocycles. The van der Waals surface area contributed by atoms with Gasteiger partial charge in [0.05, 0.1) is 14.0 Å². The third-order valence-electron chi connectivity index (χ3n) is 5.42. The minimum Gasteiger partial charge on any atom is -0.378 e. The second kappa shape index (κ2) is 5.36. The molecule has 0 bridgehead atoms. The van der Waals surface area contributed by atoms with Gasteiger partial charge >= 0.3 is 0 Å². The highest BCUT2D eigenvalue weighted by Crippen LogP contribution is 2.46. The second-order valence-electron chi connectivity index (χ2n) is 6.82. The van der Waals surface area contributed by atoms with Gasteiger partial charge in [-0.25, -0.2) is 0 Å². The van der Waals surface area contributed by atoms with E-state index in [2.05, 4.69) is 61.6 Å². The van der Waals surface area contributed by atoms with E-state index in [4.69, 9.17) is 4.74 Å². The molecule has 2 atom stereocenters. The first-order chi connectivity index (χ1) is 10.7. The zero-order valence-electron chi connectivity index (χ0n) is 13.4. The Kier molecular flexibility index (Phi) is 3.47. The molecule has 1 aliphatic carbocycles. The van der Waals surface area contributed by atoms with Gasteiger partial charge in [-0.05, 0) is 41.2 Å². The Bertz CT molecular complexity index is 720. The molecule has 22 heavy (non-hydrogen) atoms. The summed E-state index contributed by atoms with van der Waals surface area (Å²) < 4.78 is 6.51. The standard InChI is InChI=1S/C20H23OSi/c1-22(2)20(13-3-4-14-21-20)18-12-11-16-8-5-7-15-9-6-10-17(18)19(15)16/h5-12,18H,3-4,13-14H2,1-2H3. The first-order valence-corrected chi connectivity index (χ1v) is 10.9. The lowest BCUT2D eigenvalue weighted by atomic mass is 9.80. The van der Waals surface area contributed by atoms with Crippen molar-refractivity contribution in [2.45, 2.75) is 43.5 Å². The van der Waals surface area contributed by atoms with Crippen molar-refractivity contribution in [3.05, 3.63) is 53.6 Å². The molecule has 2 heteroatoms. The van der Waals surface area contributed by atoms with Gasteiger partial charge in [0, 0.05) is 12.5 Å². The smallest absolute Gasteiger partial charge is 0.0837 e. The normalized spacial score (nSPS) is 27.5. The molecule has 1 nitrogen and oxygen atoms in total. The fourth-order valence-electron chi connectivity index (χ4n) is 4.27. The van der Waals surface area contributed by atoms with Crippen LogP contribution in [0.5, 0.6) is 0 Å². The van der Waals surface area contributed by atoms with Gasteiger partial charge in [-0.2, -0.15) is 0 Å². The zero-order chi connectivity index (χ0) is 15.2. The Hall–Kier alpha value is -1.38. The summed E-state index contributed by atoms with van der Waals surface area (Å²) in [5.74, 6) is 0.412.